The molecule has 1 aliphatic heterocycles. The Morgan fingerprint density at radius 2 is 1.62 bits per heavy atom. The van der Waals surface area contributed by atoms with E-state index < -0.39 is 0 Å². The van der Waals surface area contributed by atoms with Crippen LogP contribution in [0.1, 0.15) is 30.5 Å². The van der Waals surface area contributed by atoms with E-state index in [1.165, 1.54) is 5.56 Å². The molecule has 2 aromatic carbocycles. The predicted molar refractivity (Wildman–Crippen MR) is 89.0 cm³/mol. The third-order valence-electron chi connectivity index (χ3n) is 3.89. The monoisotopic (exact) mass is 273 g/mol. The molecule has 1 nitrogen and oxygen atoms in total. The maximum atomic E-state index is 4.30. The lowest BCUT2D eigenvalue weighted by atomic mass is 10.0. The van der Waals surface area contributed by atoms with Crippen molar-refractivity contribution in [2.75, 3.05) is 4.90 Å². The SMILES string of the molecule is C=C(C(C)C)N1Cc2ccccc2C#Cc2ccccc21. The minimum atomic E-state index is 0.401. The molecule has 21 heavy (non-hydrogen) atoms. The number of hydrogen-bond acceptors (Lipinski definition) is 1. The van der Waals surface area contributed by atoms with E-state index in [2.05, 4.69) is 73.6 Å². The minimum absolute atomic E-state index is 0.401. The van der Waals surface area contributed by atoms with Gasteiger partial charge in [0.05, 0.1) is 5.69 Å². The van der Waals surface area contributed by atoms with Crippen molar-refractivity contribution in [3.63, 3.8) is 0 Å². The van der Waals surface area contributed by atoms with Crippen LogP contribution in [0.25, 0.3) is 0 Å². The van der Waals surface area contributed by atoms with E-state index in [4.69, 9.17) is 0 Å². The second-order valence-electron chi connectivity index (χ2n) is 5.66. The lowest BCUT2D eigenvalue weighted by molar-refractivity contribution is 0.707. The molecule has 0 saturated carbocycles. The first-order valence-corrected chi connectivity index (χ1v) is 7.32. The second kappa shape index (κ2) is 5.50. The smallest absolute Gasteiger partial charge is 0.0570 e. The molecule has 0 spiro atoms. The summed E-state index contributed by atoms with van der Waals surface area (Å²) in [6, 6.07) is 16.7. The van der Waals surface area contributed by atoms with Crippen molar-refractivity contribution in [2.24, 2.45) is 5.92 Å². The lowest BCUT2D eigenvalue weighted by Crippen LogP contribution is -2.26. The molecule has 1 heterocycles. The Bertz CT molecular complexity index is 744. The van der Waals surface area contributed by atoms with E-state index in [0.717, 1.165) is 29.1 Å². The van der Waals surface area contributed by atoms with E-state index in [0.29, 0.717) is 5.92 Å². The van der Waals surface area contributed by atoms with Gasteiger partial charge in [0, 0.05) is 23.4 Å². The van der Waals surface area contributed by atoms with Crippen LogP contribution in [0.5, 0.6) is 0 Å². The van der Waals surface area contributed by atoms with Crippen molar-refractivity contribution in [1.29, 1.82) is 0 Å². The molecule has 104 valence electrons. The zero-order chi connectivity index (χ0) is 14.8. The molecule has 3 rings (SSSR count). The van der Waals surface area contributed by atoms with Crippen molar-refractivity contribution in [3.8, 4) is 11.8 Å². The van der Waals surface area contributed by atoms with Gasteiger partial charge in [-0.15, -0.1) is 0 Å². The van der Waals surface area contributed by atoms with Crippen molar-refractivity contribution in [1.82, 2.24) is 0 Å². The fourth-order valence-electron chi connectivity index (χ4n) is 2.55. The van der Waals surface area contributed by atoms with Crippen molar-refractivity contribution >= 4 is 5.69 Å². The van der Waals surface area contributed by atoms with Crippen LogP contribution in [0, 0.1) is 17.8 Å². The van der Waals surface area contributed by atoms with Gasteiger partial charge in [-0.2, -0.15) is 0 Å². The first-order valence-electron chi connectivity index (χ1n) is 7.32. The summed E-state index contributed by atoms with van der Waals surface area (Å²) in [4.78, 5) is 2.30. The van der Waals surface area contributed by atoms with Crippen LogP contribution >= 0.6 is 0 Å². The predicted octanol–water partition coefficient (Wildman–Crippen LogP) is 4.58. The van der Waals surface area contributed by atoms with E-state index in [-0.39, 0.29) is 0 Å². The van der Waals surface area contributed by atoms with Gasteiger partial charge in [-0.05, 0) is 29.7 Å². The van der Waals surface area contributed by atoms with Crippen molar-refractivity contribution in [3.05, 3.63) is 77.5 Å². The highest BCUT2D eigenvalue weighted by Gasteiger charge is 2.18. The lowest BCUT2D eigenvalue weighted by Gasteiger charge is -2.31. The van der Waals surface area contributed by atoms with E-state index >= 15 is 0 Å². The largest absolute Gasteiger partial charge is 0.340 e. The summed E-state index contributed by atoms with van der Waals surface area (Å²) in [6.45, 7) is 9.48. The molecule has 1 heteroatoms. The van der Waals surface area contributed by atoms with Crippen LogP contribution in [-0.2, 0) is 6.54 Å². The van der Waals surface area contributed by atoms with E-state index in [9.17, 15) is 0 Å². The van der Waals surface area contributed by atoms with Crippen LogP contribution in [0.2, 0.25) is 0 Å². The van der Waals surface area contributed by atoms with Gasteiger partial charge in [-0.1, -0.05) is 62.6 Å². The highest BCUT2D eigenvalue weighted by Crippen LogP contribution is 2.30. The zero-order valence-corrected chi connectivity index (χ0v) is 12.6. The molecule has 2 aromatic rings. The van der Waals surface area contributed by atoms with E-state index in [1.807, 2.05) is 12.1 Å². The number of nitrogens with zero attached hydrogens (tertiary/aromatic N) is 1. The van der Waals surface area contributed by atoms with Crippen LogP contribution in [0.15, 0.2) is 60.8 Å². The molecular weight excluding hydrogens is 254 g/mol. The van der Waals surface area contributed by atoms with Gasteiger partial charge in [0.1, 0.15) is 0 Å². The number of allylic oxidation sites excluding steroid dienone is 1. The average molecular weight is 273 g/mol. The first kappa shape index (κ1) is 13.5. The number of benzene rings is 2. The van der Waals surface area contributed by atoms with Gasteiger partial charge in [0.15, 0.2) is 0 Å². The minimum Gasteiger partial charge on any atom is -0.340 e. The Labute approximate surface area is 126 Å². The van der Waals surface area contributed by atoms with Gasteiger partial charge in [0.25, 0.3) is 0 Å². The maximum absolute atomic E-state index is 4.30. The van der Waals surface area contributed by atoms with E-state index in [1.54, 1.807) is 0 Å². The Balaban J connectivity index is 2.19. The van der Waals surface area contributed by atoms with Gasteiger partial charge in [-0.25, -0.2) is 0 Å². The normalized spacial score (nSPS) is 12.6. The molecule has 0 N–H and O–H groups in total. The molecule has 0 atom stereocenters. The topological polar surface area (TPSA) is 3.24 Å². The molecule has 0 fully saturated rings. The summed E-state index contributed by atoms with van der Waals surface area (Å²) < 4.78 is 0. The molecular formula is C20H19N. The molecule has 0 saturated heterocycles. The van der Waals surface area contributed by atoms with Crippen LogP contribution in [0.4, 0.5) is 5.69 Å². The summed E-state index contributed by atoms with van der Waals surface area (Å²) in [5.41, 5.74) is 5.70. The Morgan fingerprint density at radius 1 is 1.00 bits per heavy atom. The van der Waals surface area contributed by atoms with Crippen molar-refractivity contribution < 1.29 is 0 Å². The molecule has 0 aromatic heterocycles. The van der Waals surface area contributed by atoms with Gasteiger partial charge in [-0.3, -0.25) is 0 Å². The number of rotatable bonds is 2. The number of hydrogen-bond donors (Lipinski definition) is 0. The highest BCUT2D eigenvalue weighted by molar-refractivity contribution is 5.66. The maximum Gasteiger partial charge on any atom is 0.0570 e. The van der Waals surface area contributed by atoms with Crippen LogP contribution in [-0.4, -0.2) is 0 Å². The summed E-state index contributed by atoms with van der Waals surface area (Å²) in [5.74, 6) is 7.02. The van der Waals surface area contributed by atoms with Crippen LogP contribution in [0.3, 0.4) is 0 Å². The van der Waals surface area contributed by atoms with Gasteiger partial charge in [0.2, 0.25) is 0 Å². The molecule has 1 aliphatic rings. The standard InChI is InChI=1S/C20H19N/c1-15(2)16(3)21-14-19-10-5-4-8-17(19)12-13-18-9-6-7-11-20(18)21/h4-11,15H,3,14H2,1-2H3. The zero-order valence-electron chi connectivity index (χ0n) is 12.6. The van der Waals surface area contributed by atoms with Crippen LogP contribution < -0.4 is 4.90 Å². The number of para-hydroxylation sites is 1. The second-order valence-corrected chi connectivity index (χ2v) is 5.66. The summed E-state index contributed by atoms with van der Waals surface area (Å²) in [7, 11) is 0. The molecule has 0 bridgehead atoms. The number of anilines is 1. The average Bonchev–Trinajstić information content (AvgIpc) is 2.49. The summed E-state index contributed by atoms with van der Waals surface area (Å²) >= 11 is 0. The molecule has 0 radical (unpaired) electrons. The molecule has 0 aliphatic carbocycles. The first-order chi connectivity index (χ1) is 10.2. The third kappa shape index (κ3) is 2.58. The van der Waals surface area contributed by atoms with Gasteiger partial charge < -0.3 is 4.90 Å². The fraction of sp³-hybridized carbons (Fsp3) is 0.200. The summed E-state index contributed by atoms with van der Waals surface area (Å²) in [6.07, 6.45) is 0. The molecule has 0 amide bonds. The van der Waals surface area contributed by atoms with Crippen molar-refractivity contribution in [2.45, 2.75) is 20.4 Å². The Hall–Kier alpha value is -2.46. The summed E-state index contributed by atoms with van der Waals surface area (Å²) in [5, 5.41) is 0. The molecule has 0 unspecified atom stereocenters. The fourth-order valence-corrected chi connectivity index (χ4v) is 2.55. The number of fused-ring (bicyclic) bond motifs is 2. The highest BCUT2D eigenvalue weighted by atomic mass is 15.1. The Kier molecular flexibility index (Phi) is 3.54. The quantitative estimate of drug-likeness (QED) is 0.724. The third-order valence-corrected chi connectivity index (χ3v) is 3.89. The van der Waals surface area contributed by atoms with Gasteiger partial charge >= 0.3 is 0 Å². The Morgan fingerprint density at radius 3 is 2.38 bits per heavy atom.